The molecule has 1 aromatic heterocycles. The first-order valence-corrected chi connectivity index (χ1v) is 8.55. The number of halogens is 2. The van der Waals surface area contributed by atoms with E-state index in [1.807, 2.05) is 31.2 Å². The molecule has 132 valence electrons. The van der Waals surface area contributed by atoms with Gasteiger partial charge in [0.25, 0.3) is 0 Å². The van der Waals surface area contributed by atoms with Crippen LogP contribution in [-0.2, 0) is 4.79 Å². The Morgan fingerprint density at radius 1 is 1.27 bits per heavy atom. The number of carbonyl (C=O) groups excluding carboxylic acids is 1. The molecule has 3 aromatic rings. The van der Waals surface area contributed by atoms with Gasteiger partial charge in [-0.25, -0.2) is 4.39 Å². The summed E-state index contributed by atoms with van der Waals surface area (Å²) >= 11 is 5.93. The lowest BCUT2D eigenvalue weighted by Gasteiger charge is -2.17. The lowest BCUT2D eigenvalue weighted by atomic mass is 10.1. The fraction of sp³-hybridized carbons (Fsp3) is 0.211. The molecule has 4 rings (SSSR count). The van der Waals surface area contributed by atoms with E-state index < -0.39 is 5.82 Å². The lowest BCUT2D eigenvalue weighted by Crippen LogP contribution is -2.25. The zero-order valence-electron chi connectivity index (χ0n) is 13.9. The Hall–Kier alpha value is -2.73. The summed E-state index contributed by atoms with van der Waals surface area (Å²) in [5.74, 6) is -0.129. The molecule has 0 spiro atoms. The van der Waals surface area contributed by atoms with Crippen molar-refractivity contribution in [3.63, 3.8) is 0 Å². The number of hydrogen-bond donors (Lipinski definition) is 0. The van der Waals surface area contributed by atoms with Gasteiger partial charge in [-0.05, 0) is 31.2 Å². The van der Waals surface area contributed by atoms with Gasteiger partial charge < -0.3 is 9.42 Å². The van der Waals surface area contributed by atoms with Crippen LogP contribution in [0.3, 0.4) is 0 Å². The average Bonchev–Trinajstić information content (AvgIpc) is 3.24. The van der Waals surface area contributed by atoms with Crippen molar-refractivity contribution >= 4 is 23.2 Å². The molecule has 1 fully saturated rings. The normalized spacial score (nSPS) is 17.1. The van der Waals surface area contributed by atoms with Crippen molar-refractivity contribution in [1.82, 2.24) is 10.1 Å². The van der Waals surface area contributed by atoms with E-state index in [1.165, 1.54) is 23.1 Å². The zero-order valence-corrected chi connectivity index (χ0v) is 14.7. The Balaban J connectivity index is 1.59. The Morgan fingerprint density at radius 3 is 2.92 bits per heavy atom. The van der Waals surface area contributed by atoms with Gasteiger partial charge >= 0.3 is 0 Å². The maximum Gasteiger partial charge on any atom is 0.232 e. The summed E-state index contributed by atoms with van der Waals surface area (Å²) in [6.45, 7) is 2.25. The number of rotatable bonds is 3. The van der Waals surface area contributed by atoms with Crippen LogP contribution in [0, 0.1) is 12.7 Å². The summed E-state index contributed by atoms with van der Waals surface area (Å²) in [7, 11) is 0. The topological polar surface area (TPSA) is 59.2 Å². The van der Waals surface area contributed by atoms with Crippen LogP contribution in [0.2, 0.25) is 5.02 Å². The first-order valence-electron chi connectivity index (χ1n) is 8.17. The van der Waals surface area contributed by atoms with Crippen molar-refractivity contribution in [2.75, 3.05) is 11.4 Å². The lowest BCUT2D eigenvalue weighted by molar-refractivity contribution is -0.117. The number of aromatic nitrogens is 2. The SMILES string of the molecule is Cc1cccc(-c2noc(C3CC(=O)N(c4cc(Cl)ccc4F)C3)n2)c1. The van der Waals surface area contributed by atoms with E-state index in [4.69, 9.17) is 16.1 Å². The molecule has 0 aliphatic carbocycles. The third-order valence-electron chi connectivity index (χ3n) is 4.39. The number of nitrogens with zero attached hydrogens (tertiary/aromatic N) is 3. The Morgan fingerprint density at radius 2 is 2.12 bits per heavy atom. The van der Waals surface area contributed by atoms with Crippen molar-refractivity contribution in [3.05, 3.63) is 64.8 Å². The zero-order chi connectivity index (χ0) is 18.3. The standard InChI is InChI=1S/C19H15ClFN3O2/c1-11-3-2-4-12(7-11)18-22-19(26-23-18)13-8-17(25)24(10-13)16-9-14(20)5-6-15(16)21/h2-7,9,13H,8,10H2,1H3. The van der Waals surface area contributed by atoms with Crippen LogP contribution in [0.25, 0.3) is 11.4 Å². The van der Waals surface area contributed by atoms with Crippen LogP contribution < -0.4 is 4.90 Å². The van der Waals surface area contributed by atoms with Gasteiger partial charge in [0, 0.05) is 23.6 Å². The highest BCUT2D eigenvalue weighted by molar-refractivity contribution is 6.31. The van der Waals surface area contributed by atoms with Crippen LogP contribution in [0.1, 0.15) is 23.8 Å². The molecule has 1 saturated heterocycles. The van der Waals surface area contributed by atoms with E-state index >= 15 is 0 Å². The Bertz CT molecular complexity index is 988. The molecular weight excluding hydrogens is 357 g/mol. The summed E-state index contributed by atoms with van der Waals surface area (Å²) in [5, 5.41) is 4.39. The van der Waals surface area contributed by atoms with Crippen molar-refractivity contribution in [1.29, 1.82) is 0 Å². The Kier molecular flexibility index (Phi) is 4.20. The van der Waals surface area contributed by atoms with Gasteiger partial charge in [-0.1, -0.05) is 40.5 Å². The largest absolute Gasteiger partial charge is 0.339 e. The van der Waals surface area contributed by atoms with Gasteiger partial charge in [0.2, 0.25) is 17.6 Å². The first kappa shape index (κ1) is 16.7. The van der Waals surface area contributed by atoms with Crippen molar-refractivity contribution in [2.24, 2.45) is 0 Å². The second-order valence-electron chi connectivity index (χ2n) is 6.33. The molecule has 2 aromatic carbocycles. The predicted octanol–water partition coefficient (Wildman–Crippen LogP) is 4.36. The quantitative estimate of drug-likeness (QED) is 0.686. The monoisotopic (exact) mass is 371 g/mol. The number of benzene rings is 2. The Labute approximate surface area is 154 Å². The smallest absolute Gasteiger partial charge is 0.232 e. The number of carbonyl (C=O) groups is 1. The van der Waals surface area contributed by atoms with Crippen molar-refractivity contribution < 1.29 is 13.7 Å². The van der Waals surface area contributed by atoms with Crippen LogP contribution in [0.4, 0.5) is 10.1 Å². The fourth-order valence-corrected chi connectivity index (χ4v) is 3.27. The van der Waals surface area contributed by atoms with Crippen molar-refractivity contribution in [2.45, 2.75) is 19.3 Å². The second kappa shape index (κ2) is 6.53. The minimum atomic E-state index is -0.491. The molecule has 26 heavy (non-hydrogen) atoms. The highest BCUT2D eigenvalue weighted by atomic mass is 35.5. The van der Waals surface area contributed by atoms with Crippen molar-refractivity contribution in [3.8, 4) is 11.4 Å². The number of aryl methyl sites for hydroxylation is 1. The van der Waals surface area contributed by atoms with E-state index in [1.54, 1.807) is 0 Å². The highest BCUT2D eigenvalue weighted by Gasteiger charge is 2.36. The van der Waals surface area contributed by atoms with Crippen LogP contribution in [0.5, 0.6) is 0 Å². The van der Waals surface area contributed by atoms with Gasteiger partial charge in [-0.2, -0.15) is 4.98 Å². The van der Waals surface area contributed by atoms with Gasteiger partial charge in [0.15, 0.2) is 0 Å². The molecule has 0 N–H and O–H groups in total. The molecule has 1 unspecified atom stereocenters. The van der Waals surface area contributed by atoms with E-state index in [0.29, 0.717) is 16.7 Å². The summed E-state index contributed by atoms with van der Waals surface area (Å²) in [6.07, 6.45) is 0.182. The van der Waals surface area contributed by atoms with Gasteiger partial charge in [0.1, 0.15) is 5.82 Å². The minimum Gasteiger partial charge on any atom is -0.339 e. The average molecular weight is 372 g/mol. The summed E-state index contributed by atoms with van der Waals surface area (Å²) in [5.41, 5.74) is 2.11. The second-order valence-corrected chi connectivity index (χ2v) is 6.76. The van der Waals surface area contributed by atoms with Gasteiger partial charge in [0.05, 0.1) is 11.6 Å². The summed E-state index contributed by atoms with van der Waals surface area (Å²) in [6, 6.07) is 11.9. The molecule has 7 heteroatoms. The summed E-state index contributed by atoms with van der Waals surface area (Å²) in [4.78, 5) is 18.2. The first-order chi connectivity index (χ1) is 12.5. The molecule has 1 atom stereocenters. The maximum absolute atomic E-state index is 14.1. The fourth-order valence-electron chi connectivity index (χ4n) is 3.10. The molecule has 2 heterocycles. The molecule has 0 radical (unpaired) electrons. The molecule has 0 bridgehead atoms. The van der Waals surface area contributed by atoms with Gasteiger partial charge in [-0.3, -0.25) is 4.79 Å². The predicted molar refractivity (Wildman–Crippen MR) is 95.6 cm³/mol. The van der Waals surface area contributed by atoms with E-state index in [-0.39, 0.29) is 30.5 Å². The van der Waals surface area contributed by atoms with Gasteiger partial charge in [-0.15, -0.1) is 0 Å². The minimum absolute atomic E-state index is 0.170. The van der Waals surface area contributed by atoms with Crippen LogP contribution in [0.15, 0.2) is 47.0 Å². The maximum atomic E-state index is 14.1. The molecule has 1 amide bonds. The van der Waals surface area contributed by atoms with E-state index in [2.05, 4.69) is 10.1 Å². The highest BCUT2D eigenvalue weighted by Crippen LogP contribution is 2.34. The summed E-state index contributed by atoms with van der Waals surface area (Å²) < 4.78 is 19.5. The van der Waals surface area contributed by atoms with E-state index in [0.717, 1.165) is 11.1 Å². The third-order valence-corrected chi connectivity index (χ3v) is 4.63. The number of amides is 1. The van der Waals surface area contributed by atoms with Crippen LogP contribution >= 0.6 is 11.6 Å². The van der Waals surface area contributed by atoms with Crippen LogP contribution in [-0.4, -0.2) is 22.6 Å². The molecule has 5 nitrogen and oxygen atoms in total. The third kappa shape index (κ3) is 3.08. The molecular formula is C19H15ClFN3O2. The number of hydrogen-bond acceptors (Lipinski definition) is 4. The van der Waals surface area contributed by atoms with E-state index in [9.17, 15) is 9.18 Å². The molecule has 0 saturated carbocycles. The molecule has 1 aliphatic rings. The number of anilines is 1. The molecule has 1 aliphatic heterocycles.